The zero-order valence-electron chi connectivity index (χ0n) is 16.0. The molecule has 0 fully saturated rings. The van der Waals surface area contributed by atoms with Crippen LogP contribution in [0.2, 0.25) is 0 Å². The van der Waals surface area contributed by atoms with Gasteiger partial charge in [0.15, 0.2) is 0 Å². The van der Waals surface area contributed by atoms with Gasteiger partial charge in [-0.05, 0) is 32.7 Å². The molecule has 29 heavy (non-hydrogen) atoms. The summed E-state index contributed by atoms with van der Waals surface area (Å²) < 4.78 is 5.22. The quantitative estimate of drug-likeness (QED) is 0.496. The van der Waals surface area contributed by atoms with Crippen LogP contribution in [0, 0.1) is 0 Å². The van der Waals surface area contributed by atoms with Crippen LogP contribution in [-0.4, -0.2) is 24.2 Å². The third kappa shape index (κ3) is 3.03. The molecule has 0 saturated carbocycles. The Labute approximate surface area is 168 Å². The lowest BCUT2D eigenvalue weighted by molar-refractivity contribution is -0.151. The number of fused-ring (bicyclic) bond motifs is 2. The van der Waals surface area contributed by atoms with Crippen LogP contribution >= 0.6 is 0 Å². The number of esters is 1. The van der Waals surface area contributed by atoms with Crippen LogP contribution in [-0.2, 0) is 19.7 Å². The van der Waals surface area contributed by atoms with Crippen molar-refractivity contribution in [3.8, 4) is 0 Å². The summed E-state index contributed by atoms with van der Waals surface area (Å²) in [5, 5.41) is 13.4. The van der Waals surface area contributed by atoms with E-state index in [4.69, 9.17) is 4.74 Å². The van der Waals surface area contributed by atoms with E-state index in [0.717, 1.165) is 21.5 Å². The highest BCUT2D eigenvalue weighted by Gasteiger charge is 2.47. The summed E-state index contributed by atoms with van der Waals surface area (Å²) in [5.74, 6) is -1.66. The van der Waals surface area contributed by atoms with Crippen molar-refractivity contribution in [3.05, 3.63) is 96.1 Å². The predicted molar refractivity (Wildman–Crippen MR) is 113 cm³/mol. The molecular weight excluding hydrogens is 364 g/mol. The molecule has 0 aliphatic heterocycles. The average Bonchev–Trinajstić information content (AvgIpc) is 2.76. The lowest BCUT2D eigenvalue weighted by atomic mass is 9.69. The lowest BCUT2D eigenvalue weighted by Gasteiger charge is -2.33. The van der Waals surface area contributed by atoms with Crippen molar-refractivity contribution in [1.82, 2.24) is 0 Å². The molecule has 4 nitrogen and oxygen atoms in total. The van der Waals surface area contributed by atoms with Crippen LogP contribution in [0.1, 0.15) is 17.5 Å². The predicted octanol–water partition coefficient (Wildman–Crippen LogP) is 4.93. The molecule has 4 aromatic carbocycles. The van der Waals surface area contributed by atoms with Crippen LogP contribution in [0.15, 0.2) is 84.9 Å². The molecule has 0 aliphatic rings. The van der Waals surface area contributed by atoms with Gasteiger partial charge in [0.05, 0.1) is 13.5 Å². The van der Waals surface area contributed by atoms with Gasteiger partial charge in [-0.15, -0.1) is 0 Å². The Kier molecular flexibility index (Phi) is 4.77. The van der Waals surface area contributed by atoms with Crippen molar-refractivity contribution < 1.29 is 19.4 Å². The SMILES string of the molecule is COC(=O)C(CC(=O)O)(c1cccc2ccccc12)c1cccc2ccccc12. The van der Waals surface area contributed by atoms with Crippen molar-refractivity contribution in [2.45, 2.75) is 11.8 Å². The fraction of sp³-hybridized carbons (Fsp3) is 0.120. The zero-order valence-corrected chi connectivity index (χ0v) is 16.0. The number of carboxylic acid groups (broad SMARTS) is 1. The standard InChI is InChI=1S/C25H20O4/c1-29-24(28)25(16-23(26)27,21-14-6-10-17-8-2-4-12-19(17)21)22-15-7-11-18-9-3-5-13-20(18)22/h2-15H,16H2,1H3,(H,26,27). The second-order valence-corrected chi connectivity index (χ2v) is 7.02. The molecule has 0 aliphatic carbocycles. The maximum atomic E-state index is 13.4. The molecule has 0 heterocycles. The molecule has 0 bridgehead atoms. The molecule has 1 N–H and O–H groups in total. The number of methoxy groups -OCH3 is 1. The third-order valence-electron chi connectivity index (χ3n) is 5.45. The number of carboxylic acids is 1. The lowest BCUT2D eigenvalue weighted by Crippen LogP contribution is -2.40. The molecular formula is C25H20O4. The molecule has 0 saturated heterocycles. The molecule has 0 amide bonds. The van der Waals surface area contributed by atoms with Gasteiger partial charge in [0, 0.05) is 0 Å². The smallest absolute Gasteiger partial charge is 0.321 e. The molecule has 0 spiro atoms. The van der Waals surface area contributed by atoms with Crippen LogP contribution in [0.4, 0.5) is 0 Å². The molecule has 0 atom stereocenters. The first-order valence-corrected chi connectivity index (χ1v) is 9.34. The molecule has 0 radical (unpaired) electrons. The normalized spacial score (nSPS) is 11.5. The van der Waals surface area contributed by atoms with Gasteiger partial charge >= 0.3 is 11.9 Å². The number of benzene rings is 4. The van der Waals surface area contributed by atoms with E-state index in [-0.39, 0.29) is 0 Å². The second-order valence-electron chi connectivity index (χ2n) is 7.02. The number of hydrogen-bond acceptors (Lipinski definition) is 3. The van der Waals surface area contributed by atoms with E-state index >= 15 is 0 Å². The summed E-state index contributed by atoms with van der Waals surface area (Å²) in [7, 11) is 1.30. The minimum atomic E-state index is -1.48. The highest BCUT2D eigenvalue weighted by Crippen LogP contribution is 2.43. The Morgan fingerprint density at radius 2 is 1.21 bits per heavy atom. The number of carbonyl (C=O) groups excluding carboxylic acids is 1. The Balaban J connectivity index is 2.17. The zero-order chi connectivity index (χ0) is 20.4. The molecule has 4 aromatic rings. The third-order valence-corrected chi connectivity index (χ3v) is 5.45. The van der Waals surface area contributed by atoms with E-state index in [9.17, 15) is 14.7 Å². The monoisotopic (exact) mass is 384 g/mol. The average molecular weight is 384 g/mol. The summed E-state index contributed by atoms with van der Waals surface area (Å²) in [4.78, 5) is 25.4. The van der Waals surface area contributed by atoms with E-state index in [2.05, 4.69) is 0 Å². The van der Waals surface area contributed by atoms with Gasteiger partial charge in [0.1, 0.15) is 5.41 Å². The molecule has 4 heteroatoms. The van der Waals surface area contributed by atoms with Crippen LogP contribution in [0.3, 0.4) is 0 Å². The van der Waals surface area contributed by atoms with E-state index < -0.39 is 23.8 Å². The van der Waals surface area contributed by atoms with E-state index in [1.807, 2.05) is 84.9 Å². The molecule has 144 valence electrons. The minimum Gasteiger partial charge on any atom is -0.481 e. The van der Waals surface area contributed by atoms with Gasteiger partial charge < -0.3 is 9.84 Å². The van der Waals surface area contributed by atoms with E-state index in [0.29, 0.717) is 11.1 Å². The van der Waals surface area contributed by atoms with E-state index in [1.54, 1.807) is 0 Å². The summed E-state index contributed by atoms with van der Waals surface area (Å²) in [5.41, 5.74) is -0.232. The topological polar surface area (TPSA) is 63.6 Å². The first kappa shape index (κ1) is 18.7. The Bertz CT molecular complexity index is 1140. The summed E-state index contributed by atoms with van der Waals surface area (Å²) in [6, 6.07) is 26.6. The molecule has 4 rings (SSSR count). The summed E-state index contributed by atoms with van der Waals surface area (Å²) in [6.07, 6.45) is -0.415. The van der Waals surface area contributed by atoms with Crippen LogP contribution in [0.25, 0.3) is 21.5 Å². The van der Waals surface area contributed by atoms with Gasteiger partial charge in [-0.1, -0.05) is 84.9 Å². The molecule has 0 unspecified atom stereocenters. The fourth-order valence-electron chi connectivity index (χ4n) is 4.22. The summed E-state index contributed by atoms with van der Waals surface area (Å²) in [6.45, 7) is 0. The fourth-order valence-corrected chi connectivity index (χ4v) is 4.22. The molecule has 0 aromatic heterocycles. The largest absolute Gasteiger partial charge is 0.481 e. The Morgan fingerprint density at radius 1 is 0.759 bits per heavy atom. The number of hydrogen-bond donors (Lipinski definition) is 1. The minimum absolute atomic E-state index is 0.415. The van der Waals surface area contributed by atoms with Gasteiger partial charge in [0.25, 0.3) is 0 Å². The van der Waals surface area contributed by atoms with Crippen molar-refractivity contribution >= 4 is 33.5 Å². The first-order valence-electron chi connectivity index (χ1n) is 9.34. The van der Waals surface area contributed by atoms with Crippen LogP contribution in [0.5, 0.6) is 0 Å². The summed E-state index contributed by atoms with van der Waals surface area (Å²) >= 11 is 0. The number of aliphatic carboxylic acids is 1. The Hall–Kier alpha value is -3.66. The second kappa shape index (κ2) is 7.40. The highest BCUT2D eigenvalue weighted by molar-refractivity contribution is 6.02. The highest BCUT2D eigenvalue weighted by atomic mass is 16.5. The van der Waals surface area contributed by atoms with Gasteiger partial charge in [-0.2, -0.15) is 0 Å². The van der Waals surface area contributed by atoms with Crippen molar-refractivity contribution in [2.24, 2.45) is 0 Å². The van der Waals surface area contributed by atoms with Gasteiger partial charge in [0.2, 0.25) is 0 Å². The number of rotatable bonds is 5. The van der Waals surface area contributed by atoms with Crippen LogP contribution < -0.4 is 0 Å². The van der Waals surface area contributed by atoms with Crippen molar-refractivity contribution in [1.29, 1.82) is 0 Å². The van der Waals surface area contributed by atoms with Gasteiger partial charge in [-0.3, -0.25) is 9.59 Å². The number of ether oxygens (including phenoxy) is 1. The van der Waals surface area contributed by atoms with Gasteiger partial charge in [-0.25, -0.2) is 0 Å². The Morgan fingerprint density at radius 3 is 1.66 bits per heavy atom. The maximum Gasteiger partial charge on any atom is 0.321 e. The van der Waals surface area contributed by atoms with E-state index in [1.165, 1.54) is 7.11 Å². The maximum absolute atomic E-state index is 13.4. The number of carbonyl (C=O) groups is 2. The van der Waals surface area contributed by atoms with Crippen molar-refractivity contribution in [2.75, 3.05) is 7.11 Å². The van der Waals surface area contributed by atoms with Crippen molar-refractivity contribution in [3.63, 3.8) is 0 Å². The first-order chi connectivity index (χ1) is 14.1.